The molecule has 0 aliphatic carbocycles. The molecular weight excluding hydrogens is 312 g/mol. The van der Waals surface area contributed by atoms with Gasteiger partial charge in [-0.25, -0.2) is 10.3 Å². The number of nitrogens with one attached hydrogen (secondary N) is 3. The van der Waals surface area contributed by atoms with Crippen LogP contribution in [-0.4, -0.2) is 29.4 Å². The molecular formula is C16H14N4O4. The molecule has 0 unspecified atom stereocenters. The molecule has 8 heteroatoms. The minimum absolute atomic E-state index is 0.0822. The van der Waals surface area contributed by atoms with Crippen molar-refractivity contribution in [2.75, 3.05) is 11.9 Å². The quantitative estimate of drug-likeness (QED) is 0.368. The second-order valence-corrected chi connectivity index (χ2v) is 4.71. The van der Waals surface area contributed by atoms with Crippen molar-refractivity contribution in [3.05, 3.63) is 59.7 Å². The van der Waals surface area contributed by atoms with E-state index in [2.05, 4.69) is 10.4 Å². The molecule has 0 atom stereocenters. The Labute approximate surface area is 137 Å². The molecule has 122 valence electrons. The van der Waals surface area contributed by atoms with Crippen LogP contribution in [0.4, 0.5) is 5.69 Å². The zero-order valence-corrected chi connectivity index (χ0v) is 12.4. The van der Waals surface area contributed by atoms with Gasteiger partial charge in [0.15, 0.2) is 5.84 Å². The summed E-state index contributed by atoms with van der Waals surface area (Å²) in [6.45, 7) is -0.128. The number of amidine groups is 1. The fourth-order valence-electron chi connectivity index (χ4n) is 1.82. The van der Waals surface area contributed by atoms with Crippen molar-refractivity contribution in [3.8, 4) is 5.75 Å². The summed E-state index contributed by atoms with van der Waals surface area (Å²) < 4.78 is 5.22. The molecule has 0 radical (unpaired) electrons. The van der Waals surface area contributed by atoms with Crippen molar-refractivity contribution in [2.45, 2.75) is 0 Å². The summed E-state index contributed by atoms with van der Waals surface area (Å²) in [7, 11) is 0. The summed E-state index contributed by atoms with van der Waals surface area (Å²) in [6.07, 6.45) is 0. The lowest BCUT2D eigenvalue weighted by Gasteiger charge is -2.08. The molecule has 24 heavy (non-hydrogen) atoms. The molecule has 0 fully saturated rings. The first-order chi connectivity index (χ1) is 11.5. The second kappa shape index (κ2) is 7.63. The molecule has 2 aromatic carbocycles. The Bertz CT molecular complexity index is 787. The first-order valence-electron chi connectivity index (χ1n) is 6.82. The Morgan fingerprint density at radius 2 is 1.83 bits per heavy atom. The number of carbonyl (C=O) groups is 2. The average molecular weight is 326 g/mol. The van der Waals surface area contributed by atoms with Crippen molar-refractivity contribution in [3.63, 3.8) is 0 Å². The maximum atomic E-state index is 12.1. The Kier molecular flexibility index (Phi) is 5.35. The third-order valence-electron chi connectivity index (χ3n) is 2.99. The number of rotatable bonds is 6. The molecule has 2 aromatic rings. The van der Waals surface area contributed by atoms with Gasteiger partial charge in [0, 0.05) is 11.3 Å². The standard InChI is InChI=1S/C16H14N4O4/c17-14(20-18)9-24-13-6-4-10(5-7-13)15(21)19-12-3-1-2-11(8-12)16(22)23/h1-8,17-18H,9H2,(H,19,21)(H,22,23). The summed E-state index contributed by atoms with van der Waals surface area (Å²) in [6, 6.07) is 12.1. The number of hydrogen-bond acceptors (Lipinski definition) is 5. The van der Waals surface area contributed by atoms with Gasteiger partial charge >= 0.3 is 5.97 Å². The number of amides is 1. The van der Waals surface area contributed by atoms with Gasteiger partial charge < -0.3 is 15.2 Å². The fraction of sp³-hybridized carbons (Fsp3) is 0.0625. The number of benzene rings is 2. The lowest BCUT2D eigenvalue weighted by Crippen LogP contribution is -2.12. The smallest absolute Gasteiger partial charge is 0.335 e. The van der Waals surface area contributed by atoms with Gasteiger partial charge in [-0.3, -0.25) is 10.2 Å². The number of nitrogens with zero attached hydrogens (tertiary/aromatic N) is 1. The van der Waals surface area contributed by atoms with Crippen molar-refractivity contribution >= 4 is 23.4 Å². The van der Waals surface area contributed by atoms with Gasteiger partial charge in [0.25, 0.3) is 5.91 Å². The minimum Gasteiger partial charge on any atom is -0.486 e. The van der Waals surface area contributed by atoms with Gasteiger partial charge in [-0.1, -0.05) is 6.07 Å². The average Bonchev–Trinajstić information content (AvgIpc) is 2.60. The Morgan fingerprint density at radius 3 is 2.46 bits per heavy atom. The van der Waals surface area contributed by atoms with E-state index in [9.17, 15) is 9.59 Å². The number of hydrogen-bond donors (Lipinski definition) is 4. The number of carboxylic acids is 1. The van der Waals surface area contributed by atoms with Crippen LogP contribution >= 0.6 is 0 Å². The number of aromatic carboxylic acids is 1. The number of carboxylic acid groups (broad SMARTS) is 1. The van der Waals surface area contributed by atoms with E-state index in [4.69, 9.17) is 20.8 Å². The topological polar surface area (TPSA) is 136 Å². The summed E-state index contributed by atoms with van der Waals surface area (Å²) >= 11 is 0. The maximum Gasteiger partial charge on any atom is 0.335 e. The summed E-state index contributed by atoms with van der Waals surface area (Å²) in [5.41, 5.74) is 7.47. The van der Waals surface area contributed by atoms with E-state index < -0.39 is 11.9 Å². The van der Waals surface area contributed by atoms with E-state index in [0.29, 0.717) is 17.0 Å². The largest absolute Gasteiger partial charge is 0.486 e. The molecule has 0 aliphatic heterocycles. The predicted octanol–water partition coefficient (Wildman–Crippen LogP) is 3.02. The van der Waals surface area contributed by atoms with Gasteiger partial charge in [-0.15, -0.1) is 5.11 Å². The Hall–Kier alpha value is -3.55. The van der Waals surface area contributed by atoms with Crippen molar-refractivity contribution in [1.29, 1.82) is 10.9 Å². The Balaban J connectivity index is 2.02. The summed E-state index contributed by atoms with van der Waals surface area (Å²) in [5.74, 6) is -1.24. The molecule has 0 spiro atoms. The SMILES string of the molecule is N=NC(=N)COc1ccc(C(=O)Nc2cccc(C(=O)O)c2)cc1. The van der Waals surface area contributed by atoms with Crippen molar-refractivity contribution in [2.24, 2.45) is 5.11 Å². The summed E-state index contributed by atoms with van der Waals surface area (Å²) in [4.78, 5) is 23.1. The molecule has 0 heterocycles. The van der Waals surface area contributed by atoms with Crippen LogP contribution < -0.4 is 10.1 Å². The van der Waals surface area contributed by atoms with Crippen LogP contribution in [0.1, 0.15) is 20.7 Å². The van der Waals surface area contributed by atoms with Crippen molar-refractivity contribution < 1.29 is 19.4 Å². The first-order valence-corrected chi connectivity index (χ1v) is 6.82. The molecule has 0 bridgehead atoms. The normalized spacial score (nSPS) is 9.83. The molecule has 0 aromatic heterocycles. The number of ether oxygens (including phenoxy) is 1. The highest BCUT2D eigenvalue weighted by Gasteiger charge is 2.09. The highest BCUT2D eigenvalue weighted by Crippen LogP contribution is 2.15. The second-order valence-electron chi connectivity index (χ2n) is 4.71. The summed E-state index contributed by atoms with van der Waals surface area (Å²) in [5, 5.41) is 21.7. The molecule has 1 amide bonds. The zero-order valence-electron chi connectivity index (χ0n) is 12.4. The highest BCUT2D eigenvalue weighted by molar-refractivity contribution is 6.04. The number of anilines is 1. The van der Waals surface area contributed by atoms with Gasteiger partial charge in [0.1, 0.15) is 12.4 Å². The predicted molar refractivity (Wildman–Crippen MR) is 86.2 cm³/mol. The maximum absolute atomic E-state index is 12.1. The van der Waals surface area contributed by atoms with Gasteiger partial charge in [0.05, 0.1) is 5.56 Å². The lowest BCUT2D eigenvalue weighted by molar-refractivity contribution is 0.0696. The minimum atomic E-state index is -1.07. The third kappa shape index (κ3) is 4.47. The molecule has 0 saturated carbocycles. The molecule has 0 saturated heterocycles. The molecule has 2 rings (SSSR count). The molecule has 0 aliphatic rings. The van der Waals surface area contributed by atoms with Crippen LogP contribution in [0.2, 0.25) is 0 Å². The van der Waals surface area contributed by atoms with Gasteiger partial charge in [-0.05, 0) is 42.5 Å². The van der Waals surface area contributed by atoms with E-state index in [1.807, 2.05) is 0 Å². The van der Waals surface area contributed by atoms with Gasteiger partial charge in [0.2, 0.25) is 0 Å². The van der Waals surface area contributed by atoms with E-state index in [0.717, 1.165) is 0 Å². The van der Waals surface area contributed by atoms with E-state index in [1.54, 1.807) is 24.3 Å². The van der Waals surface area contributed by atoms with Crippen LogP contribution in [0.5, 0.6) is 5.75 Å². The molecule has 4 N–H and O–H groups in total. The van der Waals surface area contributed by atoms with Crippen LogP contribution in [0.25, 0.3) is 0 Å². The van der Waals surface area contributed by atoms with Crippen LogP contribution in [-0.2, 0) is 0 Å². The van der Waals surface area contributed by atoms with Crippen LogP contribution in [0, 0.1) is 10.9 Å². The van der Waals surface area contributed by atoms with E-state index in [-0.39, 0.29) is 18.0 Å². The zero-order chi connectivity index (χ0) is 17.5. The monoisotopic (exact) mass is 326 g/mol. The fourth-order valence-corrected chi connectivity index (χ4v) is 1.82. The third-order valence-corrected chi connectivity index (χ3v) is 2.99. The van der Waals surface area contributed by atoms with E-state index in [1.165, 1.54) is 24.3 Å². The first kappa shape index (κ1) is 16.8. The number of carbonyl (C=O) groups excluding carboxylic acids is 1. The van der Waals surface area contributed by atoms with Crippen molar-refractivity contribution in [1.82, 2.24) is 0 Å². The van der Waals surface area contributed by atoms with Crippen LogP contribution in [0.15, 0.2) is 53.6 Å². The Morgan fingerprint density at radius 1 is 1.12 bits per heavy atom. The van der Waals surface area contributed by atoms with E-state index >= 15 is 0 Å². The molecule has 8 nitrogen and oxygen atoms in total. The van der Waals surface area contributed by atoms with Gasteiger partial charge in [-0.2, -0.15) is 0 Å². The highest BCUT2D eigenvalue weighted by atomic mass is 16.5. The lowest BCUT2D eigenvalue weighted by atomic mass is 10.1. The van der Waals surface area contributed by atoms with Crippen LogP contribution in [0.3, 0.4) is 0 Å².